The Kier molecular flexibility index (Phi) is 10.5. The molecular formula is C45H42O. The van der Waals surface area contributed by atoms with Gasteiger partial charge in [0.15, 0.2) is 0 Å². The van der Waals surface area contributed by atoms with Gasteiger partial charge in [-0.15, -0.1) is 6.42 Å². The lowest BCUT2D eigenvalue weighted by atomic mass is 9.87. The molecule has 1 heteroatoms. The summed E-state index contributed by atoms with van der Waals surface area (Å²) in [6.45, 7) is 15.2. The van der Waals surface area contributed by atoms with E-state index in [0.29, 0.717) is 11.5 Å². The van der Waals surface area contributed by atoms with Crippen molar-refractivity contribution in [3.05, 3.63) is 163 Å². The van der Waals surface area contributed by atoms with Crippen molar-refractivity contribution in [2.45, 2.75) is 40.0 Å². The van der Waals surface area contributed by atoms with E-state index in [1.54, 1.807) is 0 Å². The van der Waals surface area contributed by atoms with Gasteiger partial charge in [0.05, 0.1) is 0 Å². The highest BCUT2D eigenvalue weighted by atomic mass is 16.3. The van der Waals surface area contributed by atoms with Crippen LogP contribution in [-0.2, 0) is 0 Å². The molecule has 0 spiro atoms. The predicted octanol–water partition coefficient (Wildman–Crippen LogP) is 12.9. The van der Waals surface area contributed by atoms with Gasteiger partial charge in [0.1, 0.15) is 11.2 Å². The first-order valence-electron chi connectivity index (χ1n) is 16.1. The number of para-hydroxylation sites is 1. The van der Waals surface area contributed by atoms with E-state index in [9.17, 15) is 0 Å². The molecule has 0 radical (unpaired) electrons. The number of allylic oxidation sites excluding steroid dienone is 10. The van der Waals surface area contributed by atoms with Crippen LogP contribution < -0.4 is 0 Å². The van der Waals surface area contributed by atoms with Gasteiger partial charge in [-0.1, -0.05) is 148 Å². The summed E-state index contributed by atoms with van der Waals surface area (Å²) in [5, 5.41) is 2.21. The van der Waals surface area contributed by atoms with Gasteiger partial charge in [-0.2, -0.15) is 0 Å². The largest absolute Gasteiger partial charge is 0.455 e. The second-order valence-electron chi connectivity index (χ2n) is 11.7. The standard InChI is InChI=1S/C45H42O/c1-7-10-19-32(4)20-13-11-14-21-35(9-3)44(33(5)8-2)34(6)37-24-17-25-38(30-37)39-28-29-43-42(31-39)41-27-18-26-40(45(41)46-43)36-22-15-12-16-23-36/h2,7,10-18,20,22-32H,5-6,9,19,21H2,1,3-4H3/b10-7-,14-11-,20-13-,44-35+. The lowest BCUT2D eigenvalue weighted by molar-refractivity contribution is 0.670. The molecule has 0 amide bonds. The van der Waals surface area contributed by atoms with Gasteiger partial charge in [-0.05, 0) is 83.7 Å². The smallest absolute Gasteiger partial charge is 0.143 e. The highest BCUT2D eigenvalue weighted by Crippen LogP contribution is 2.38. The third-order valence-corrected chi connectivity index (χ3v) is 8.48. The highest BCUT2D eigenvalue weighted by molar-refractivity contribution is 6.10. The van der Waals surface area contributed by atoms with Crippen molar-refractivity contribution in [1.82, 2.24) is 0 Å². The van der Waals surface area contributed by atoms with Crippen LogP contribution in [0, 0.1) is 18.3 Å². The minimum absolute atomic E-state index is 0.505. The van der Waals surface area contributed by atoms with Gasteiger partial charge < -0.3 is 4.42 Å². The summed E-state index contributed by atoms with van der Waals surface area (Å²) in [5.41, 5.74) is 11.0. The van der Waals surface area contributed by atoms with Gasteiger partial charge >= 0.3 is 0 Å². The van der Waals surface area contributed by atoms with E-state index in [1.807, 2.05) is 6.07 Å². The second kappa shape index (κ2) is 15.1. The van der Waals surface area contributed by atoms with E-state index in [-0.39, 0.29) is 0 Å². The Morgan fingerprint density at radius 3 is 2.37 bits per heavy atom. The van der Waals surface area contributed by atoms with Crippen LogP contribution in [0.25, 0.3) is 49.8 Å². The summed E-state index contributed by atoms with van der Waals surface area (Å²) in [4.78, 5) is 0. The molecule has 0 N–H and O–H groups in total. The third kappa shape index (κ3) is 7.14. The Bertz CT molecular complexity index is 2030. The molecule has 0 saturated carbocycles. The molecule has 0 bridgehead atoms. The first-order chi connectivity index (χ1) is 22.4. The van der Waals surface area contributed by atoms with Crippen molar-refractivity contribution in [2.75, 3.05) is 0 Å². The van der Waals surface area contributed by atoms with Crippen LogP contribution >= 0.6 is 0 Å². The first kappa shape index (κ1) is 32.1. The van der Waals surface area contributed by atoms with Gasteiger partial charge in [-0.25, -0.2) is 0 Å². The Morgan fingerprint density at radius 2 is 1.61 bits per heavy atom. The number of hydrogen-bond donors (Lipinski definition) is 0. The van der Waals surface area contributed by atoms with Crippen molar-refractivity contribution in [3.8, 4) is 34.6 Å². The molecule has 1 unspecified atom stereocenters. The number of terminal acetylenes is 1. The van der Waals surface area contributed by atoms with Gasteiger partial charge in [-0.3, -0.25) is 0 Å². The highest BCUT2D eigenvalue weighted by Gasteiger charge is 2.16. The average Bonchev–Trinajstić information content (AvgIpc) is 3.48. The fourth-order valence-electron chi connectivity index (χ4n) is 5.93. The van der Waals surface area contributed by atoms with E-state index in [0.717, 1.165) is 80.2 Å². The molecule has 0 aliphatic rings. The fourth-order valence-corrected chi connectivity index (χ4v) is 5.93. The van der Waals surface area contributed by atoms with Crippen LogP contribution in [0.5, 0.6) is 0 Å². The van der Waals surface area contributed by atoms with Crippen LogP contribution in [-0.4, -0.2) is 0 Å². The molecule has 5 rings (SSSR count). The van der Waals surface area contributed by atoms with Gasteiger partial charge in [0, 0.05) is 21.9 Å². The lowest BCUT2D eigenvalue weighted by Gasteiger charge is -2.17. The molecule has 46 heavy (non-hydrogen) atoms. The van der Waals surface area contributed by atoms with Crippen LogP contribution in [0.4, 0.5) is 0 Å². The molecule has 1 atom stereocenters. The molecule has 1 aromatic heterocycles. The molecule has 4 aromatic carbocycles. The normalized spacial score (nSPS) is 13.1. The maximum Gasteiger partial charge on any atom is 0.143 e. The monoisotopic (exact) mass is 598 g/mol. The number of benzene rings is 4. The summed E-state index contributed by atoms with van der Waals surface area (Å²) in [6, 6.07) is 31.7. The zero-order valence-corrected chi connectivity index (χ0v) is 27.2. The number of furan rings is 1. The summed E-state index contributed by atoms with van der Waals surface area (Å²) in [6.07, 6.45) is 21.6. The van der Waals surface area contributed by atoms with Crippen LogP contribution in [0.2, 0.25) is 0 Å². The summed E-state index contributed by atoms with van der Waals surface area (Å²) < 4.78 is 6.41. The molecule has 1 nitrogen and oxygen atoms in total. The summed E-state index contributed by atoms with van der Waals surface area (Å²) in [7, 11) is 0. The minimum Gasteiger partial charge on any atom is -0.455 e. The van der Waals surface area contributed by atoms with Gasteiger partial charge in [0.25, 0.3) is 0 Å². The Balaban J connectivity index is 1.46. The van der Waals surface area contributed by atoms with E-state index < -0.39 is 0 Å². The molecule has 0 aliphatic heterocycles. The molecule has 0 aliphatic carbocycles. The van der Waals surface area contributed by atoms with Crippen LogP contribution in [0.3, 0.4) is 0 Å². The van der Waals surface area contributed by atoms with E-state index in [2.05, 4.69) is 161 Å². The SMILES string of the molecule is C#CC(=C)/C(C(=C)c1cccc(-c2ccc3oc4c(-c5ccccc5)cccc4c3c2)c1)=C(/CC)C/C=C\C=C/C(C)C/C=C\C. The zero-order chi connectivity index (χ0) is 32.5. The van der Waals surface area contributed by atoms with Gasteiger partial charge in [0.2, 0.25) is 0 Å². The van der Waals surface area contributed by atoms with Crippen molar-refractivity contribution in [2.24, 2.45) is 5.92 Å². The van der Waals surface area contributed by atoms with Crippen molar-refractivity contribution < 1.29 is 4.42 Å². The topological polar surface area (TPSA) is 13.1 Å². The fraction of sp³-hybridized carbons (Fsp3) is 0.156. The molecule has 0 saturated heterocycles. The second-order valence-corrected chi connectivity index (χ2v) is 11.7. The number of rotatable bonds is 12. The quantitative estimate of drug-likeness (QED) is 0.0791. The average molecular weight is 599 g/mol. The lowest BCUT2D eigenvalue weighted by Crippen LogP contribution is -1.98. The Morgan fingerprint density at radius 1 is 0.848 bits per heavy atom. The van der Waals surface area contributed by atoms with E-state index >= 15 is 0 Å². The minimum atomic E-state index is 0.505. The third-order valence-electron chi connectivity index (χ3n) is 8.48. The summed E-state index contributed by atoms with van der Waals surface area (Å²) in [5.74, 6) is 3.30. The van der Waals surface area contributed by atoms with Crippen molar-refractivity contribution >= 4 is 27.5 Å². The van der Waals surface area contributed by atoms with Crippen LogP contribution in [0.15, 0.2) is 162 Å². The maximum atomic E-state index is 6.41. The van der Waals surface area contributed by atoms with Crippen LogP contribution in [0.1, 0.15) is 45.6 Å². The number of fused-ring (bicyclic) bond motifs is 3. The van der Waals surface area contributed by atoms with Crippen molar-refractivity contribution in [1.29, 1.82) is 0 Å². The predicted molar refractivity (Wildman–Crippen MR) is 200 cm³/mol. The molecule has 1 heterocycles. The number of hydrogen-bond acceptors (Lipinski definition) is 1. The molecule has 0 fully saturated rings. The maximum absolute atomic E-state index is 6.41. The zero-order valence-electron chi connectivity index (χ0n) is 27.2. The summed E-state index contributed by atoms with van der Waals surface area (Å²) >= 11 is 0. The Labute approximate surface area is 274 Å². The van der Waals surface area contributed by atoms with E-state index in [1.165, 1.54) is 5.57 Å². The van der Waals surface area contributed by atoms with Crippen molar-refractivity contribution in [3.63, 3.8) is 0 Å². The molecule has 228 valence electrons. The molecule has 5 aromatic rings. The Hall–Kier alpha value is -5.32. The molecular weight excluding hydrogens is 556 g/mol. The van der Waals surface area contributed by atoms with E-state index in [4.69, 9.17) is 10.8 Å². The first-order valence-corrected chi connectivity index (χ1v) is 16.1.